The molecule has 0 unspecified atom stereocenters. The molecule has 0 aromatic heterocycles. The molecule has 2 N–H and O–H groups in total. The number of non-ortho nitro benzene ring substituents is 1. The number of carbonyl (C=O) groups is 1. The molecule has 0 saturated carbocycles. The number of nitro groups is 1. The minimum Gasteiger partial charge on any atom is -0.386 e. The summed E-state index contributed by atoms with van der Waals surface area (Å²) in [4.78, 5) is 20.0. The van der Waals surface area contributed by atoms with E-state index in [1.54, 1.807) is 6.92 Å². The van der Waals surface area contributed by atoms with Gasteiger partial charge >= 0.3 is 0 Å². The topological polar surface area (TPSA) is 92.5 Å². The number of benzene rings is 1. The van der Waals surface area contributed by atoms with Crippen LogP contribution in [0.25, 0.3) is 0 Å². The van der Waals surface area contributed by atoms with Crippen molar-refractivity contribution in [2.24, 2.45) is 0 Å². The van der Waals surface area contributed by atoms with Crippen LogP contribution in [0.5, 0.6) is 0 Å². The number of carbonyl (C=O) groups excluding carboxylic acids is 1. The number of nitro benzene ring substituents is 1. The summed E-state index contributed by atoms with van der Waals surface area (Å²) < 4.78 is 0. The van der Waals surface area contributed by atoms with Crippen molar-refractivity contribution in [1.82, 2.24) is 5.32 Å². The molecule has 0 aliphatic carbocycles. The molecule has 0 spiro atoms. The summed E-state index contributed by atoms with van der Waals surface area (Å²) in [5.74, 6) is -0.614. The fourth-order valence-corrected chi connectivity index (χ4v) is 1.57. The maximum absolute atomic E-state index is 11.3. The summed E-state index contributed by atoms with van der Waals surface area (Å²) in [5, 5.41) is 22.9. The Hall–Kier alpha value is -1.37. The molecule has 1 rings (SSSR count). The zero-order chi connectivity index (χ0) is 14.6. The minimum absolute atomic E-state index is 0.0748. The van der Waals surface area contributed by atoms with Gasteiger partial charge in [0.2, 0.25) is 0 Å². The van der Waals surface area contributed by atoms with Crippen LogP contribution >= 0.6 is 23.2 Å². The van der Waals surface area contributed by atoms with E-state index in [0.29, 0.717) is 5.56 Å². The molecule has 6 nitrogen and oxygen atoms in total. The fourth-order valence-electron chi connectivity index (χ4n) is 1.45. The third-order valence-corrected chi connectivity index (χ3v) is 2.88. The lowest BCUT2D eigenvalue weighted by Gasteiger charge is -2.20. The van der Waals surface area contributed by atoms with Crippen molar-refractivity contribution in [3.63, 3.8) is 0 Å². The molecule has 8 heteroatoms. The standard InChI is InChI=1S/C11H12Cl2N2O4/c1-6(14-11(17)10(12)13)9(16)7-2-4-8(5-3-7)15(18)19/h2-6,9-10,16H,1H3,(H,14,17)/t6-,9+/m1/s1. The van der Waals surface area contributed by atoms with Crippen molar-refractivity contribution in [3.05, 3.63) is 39.9 Å². The van der Waals surface area contributed by atoms with Gasteiger partial charge in [-0.15, -0.1) is 0 Å². The van der Waals surface area contributed by atoms with Crippen molar-refractivity contribution in [1.29, 1.82) is 0 Å². The summed E-state index contributed by atoms with van der Waals surface area (Å²) in [6.45, 7) is 1.57. The Balaban J connectivity index is 2.73. The number of hydrogen-bond donors (Lipinski definition) is 2. The molecule has 0 fully saturated rings. The van der Waals surface area contributed by atoms with Crippen LogP contribution in [0.4, 0.5) is 5.69 Å². The molecular weight excluding hydrogens is 295 g/mol. The van der Waals surface area contributed by atoms with E-state index in [1.807, 2.05) is 0 Å². The van der Waals surface area contributed by atoms with E-state index in [1.165, 1.54) is 24.3 Å². The van der Waals surface area contributed by atoms with Gasteiger partial charge in [0.05, 0.1) is 17.1 Å². The van der Waals surface area contributed by atoms with Crippen LogP contribution in [0.15, 0.2) is 24.3 Å². The first-order chi connectivity index (χ1) is 8.82. The summed E-state index contributed by atoms with van der Waals surface area (Å²) in [6.07, 6.45) is -1.02. The van der Waals surface area contributed by atoms with Crippen LogP contribution in [0.2, 0.25) is 0 Å². The van der Waals surface area contributed by atoms with E-state index < -0.39 is 27.8 Å². The van der Waals surface area contributed by atoms with Gasteiger partial charge in [-0.1, -0.05) is 23.2 Å². The number of aliphatic hydroxyl groups excluding tert-OH is 1. The Labute approximate surface area is 119 Å². The molecule has 1 amide bonds. The smallest absolute Gasteiger partial charge is 0.269 e. The average Bonchev–Trinajstić information content (AvgIpc) is 2.37. The quantitative estimate of drug-likeness (QED) is 0.494. The van der Waals surface area contributed by atoms with Crippen molar-refractivity contribution in [2.45, 2.75) is 23.9 Å². The van der Waals surface area contributed by atoms with Crippen LogP contribution in [-0.4, -0.2) is 26.8 Å². The zero-order valence-corrected chi connectivity index (χ0v) is 11.4. The van der Waals surface area contributed by atoms with Crippen molar-refractivity contribution >= 4 is 34.8 Å². The number of nitrogens with one attached hydrogen (secondary N) is 1. The normalized spacial score (nSPS) is 13.9. The molecule has 0 heterocycles. The monoisotopic (exact) mass is 306 g/mol. The maximum Gasteiger partial charge on any atom is 0.269 e. The highest BCUT2D eigenvalue weighted by atomic mass is 35.5. The lowest BCUT2D eigenvalue weighted by molar-refractivity contribution is -0.384. The number of alkyl halides is 2. The SMILES string of the molecule is C[C@@H](NC(=O)C(Cl)Cl)[C@H](O)c1ccc([N+](=O)[O-])cc1. The summed E-state index contributed by atoms with van der Waals surface area (Å²) in [7, 11) is 0. The molecular formula is C11H12Cl2N2O4. The molecule has 19 heavy (non-hydrogen) atoms. The second kappa shape index (κ2) is 6.70. The molecule has 0 aliphatic heterocycles. The van der Waals surface area contributed by atoms with Gasteiger partial charge < -0.3 is 10.4 Å². The predicted molar refractivity (Wildman–Crippen MR) is 71.2 cm³/mol. The van der Waals surface area contributed by atoms with Crippen LogP contribution < -0.4 is 5.32 Å². The van der Waals surface area contributed by atoms with Crippen molar-refractivity contribution in [2.75, 3.05) is 0 Å². The number of hydrogen-bond acceptors (Lipinski definition) is 4. The Morgan fingerprint density at radius 1 is 1.37 bits per heavy atom. The number of rotatable bonds is 5. The van der Waals surface area contributed by atoms with Gasteiger partial charge in [0.25, 0.3) is 11.6 Å². The number of nitrogens with zero attached hydrogens (tertiary/aromatic N) is 1. The predicted octanol–water partition coefficient (Wildman–Crippen LogP) is 1.94. The average molecular weight is 307 g/mol. The molecule has 104 valence electrons. The van der Waals surface area contributed by atoms with Gasteiger partial charge in [0.15, 0.2) is 4.84 Å². The Morgan fingerprint density at radius 2 is 1.89 bits per heavy atom. The van der Waals surface area contributed by atoms with E-state index in [4.69, 9.17) is 23.2 Å². The van der Waals surface area contributed by atoms with Crippen LogP contribution in [0, 0.1) is 10.1 Å². The lowest BCUT2D eigenvalue weighted by atomic mass is 10.0. The van der Waals surface area contributed by atoms with Gasteiger partial charge in [-0.3, -0.25) is 14.9 Å². The Bertz CT molecular complexity index is 464. The molecule has 0 aliphatic rings. The lowest BCUT2D eigenvalue weighted by Crippen LogP contribution is -2.39. The Kier molecular flexibility index (Phi) is 5.53. The van der Waals surface area contributed by atoms with Crippen LogP contribution in [0.1, 0.15) is 18.6 Å². The Morgan fingerprint density at radius 3 is 2.32 bits per heavy atom. The van der Waals surface area contributed by atoms with E-state index in [2.05, 4.69) is 5.32 Å². The largest absolute Gasteiger partial charge is 0.386 e. The number of amides is 1. The molecule has 0 bridgehead atoms. The van der Waals surface area contributed by atoms with E-state index in [0.717, 1.165) is 0 Å². The summed E-state index contributed by atoms with van der Waals surface area (Å²) >= 11 is 10.8. The second-order valence-electron chi connectivity index (χ2n) is 3.89. The van der Waals surface area contributed by atoms with Crippen molar-refractivity contribution in [3.8, 4) is 0 Å². The molecule has 0 saturated heterocycles. The zero-order valence-electron chi connectivity index (χ0n) is 9.92. The van der Waals surface area contributed by atoms with E-state index in [-0.39, 0.29) is 5.69 Å². The fraction of sp³-hybridized carbons (Fsp3) is 0.364. The maximum atomic E-state index is 11.3. The third-order valence-electron chi connectivity index (χ3n) is 2.49. The van der Waals surface area contributed by atoms with Gasteiger partial charge in [0.1, 0.15) is 0 Å². The van der Waals surface area contributed by atoms with Crippen LogP contribution in [0.3, 0.4) is 0 Å². The van der Waals surface area contributed by atoms with Crippen molar-refractivity contribution < 1.29 is 14.8 Å². The van der Waals surface area contributed by atoms with Gasteiger partial charge in [-0.25, -0.2) is 0 Å². The highest BCUT2D eigenvalue weighted by Gasteiger charge is 2.21. The summed E-state index contributed by atoms with van der Waals surface area (Å²) in [5.41, 5.74) is 0.369. The van der Waals surface area contributed by atoms with E-state index >= 15 is 0 Å². The first-order valence-corrected chi connectivity index (χ1v) is 6.21. The first kappa shape index (κ1) is 15.7. The number of halogens is 2. The molecule has 2 atom stereocenters. The first-order valence-electron chi connectivity index (χ1n) is 5.34. The molecule has 1 aromatic carbocycles. The van der Waals surface area contributed by atoms with Gasteiger partial charge in [-0.05, 0) is 24.6 Å². The molecule has 1 aromatic rings. The minimum atomic E-state index is -1.22. The second-order valence-corrected chi connectivity index (χ2v) is 4.99. The number of aliphatic hydroxyl groups is 1. The van der Waals surface area contributed by atoms with E-state index in [9.17, 15) is 20.0 Å². The third kappa shape index (κ3) is 4.34. The van der Waals surface area contributed by atoms with Gasteiger partial charge in [0, 0.05) is 12.1 Å². The summed E-state index contributed by atoms with van der Waals surface area (Å²) in [6, 6.07) is 4.76. The highest BCUT2D eigenvalue weighted by Crippen LogP contribution is 2.20. The van der Waals surface area contributed by atoms with Gasteiger partial charge in [-0.2, -0.15) is 0 Å². The molecule has 0 radical (unpaired) electrons. The highest BCUT2D eigenvalue weighted by molar-refractivity contribution is 6.53. The van der Waals surface area contributed by atoms with Crippen LogP contribution in [-0.2, 0) is 4.79 Å².